The van der Waals surface area contributed by atoms with Crippen molar-refractivity contribution >= 4 is 40.1 Å². The van der Waals surface area contributed by atoms with Crippen LogP contribution < -0.4 is 20.2 Å². The van der Waals surface area contributed by atoms with E-state index in [2.05, 4.69) is 40.4 Å². The van der Waals surface area contributed by atoms with Gasteiger partial charge in [-0.2, -0.15) is 0 Å². The van der Waals surface area contributed by atoms with Crippen LogP contribution in [0.5, 0.6) is 5.75 Å². The lowest BCUT2D eigenvalue weighted by molar-refractivity contribution is -0.147. The van der Waals surface area contributed by atoms with E-state index in [-0.39, 0.29) is 28.5 Å². The highest BCUT2D eigenvalue weighted by molar-refractivity contribution is 7.84. The van der Waals surface area contributed by atoms with Crippen molar-refractivity contribution in [3.63, 3.8) is 0 Å². The summed E-state index contributed by atoms with van der Waals surface area (Å²) in [6.07, 6.45) is 10.6. The van der Waals surface area contributed by atoms with Crippen molar-refractivity contribution in [2.24, 2.45) is 0 Å². The lowest BCUT2D eigenvalue weighted by Crippen LogP contribution is -2.49. The van der Waals surface area contributed by atoms with Crippen LogP contribution in [-0.4, -0.2) is 81.0 Å². The van der Waals surface area contributed by atoms with E-state index < -0.39 is 17.1 Å². The second-order valence-corrected chi connectivity index (χ2v) is 15.5. The molecule has 1 saturated heterocycles. The number of methoxy groups -OCH3 is 1. The van der Waals surface area contributed by atoms with Gasteiger partial charge in [0.25, 0.3) is 5.91 Å². The number of aromatic amines is 1. The molecular formula is C40H55N5O7S. The molecule has 53 heavy (non-hydrogen) atoms. The Labute approximate surface area is 315 Å². The highest BCUT2D eigenvalue weighted by Crippen LogP contribution is 2.27. The van der Waals surface area contributed by atoms with Gasteiger partial charge in [0, 0.05) is 41.9 Å². The fraction of sp³-hybridized carbons (Fsp3) is 0.525. The van der Waals surface area contributed by atoms with Gasteiger partial charge in [-0.25, -0.2) is 4.21 Å². The number of aryl methyl sites for hydroxylation is 1. The van der Waals surface area contributed by atoms with Crippen LogP contribution in [0.4, 0.5) is 0 Å². The molecule has 2 saturated carbocycles. The smallest absolute Gasteiger partial charge is 0.252 e. The number of unbranched alkanes of at least 4 members (excludes halogenated alkanes) is 2. The molecule has 1 aromatic carbocycles. The van der Waals surface area contributed by atoms with E-state index in [1.807, 2.05) is 37.3 Å². The standard InChI is InChI=1S/C19H20N2O2.C17H28N2O3.C4H7NO2S/c1-11(2)14-6-5-7-15(20-14)16-10-17(22)13-8-9-18(23-4)12(3)19(13)21-16;1-3-4-5-6-12-22-13(2)17(21)19-11-7-8-15(19)16(20)18-14-9-10-14;6-3-5-8(7)4-1-2-4/h5-11H,1-4H3,(H,21,22);3,13-15H,1,4-12H2,2H3,(H,18,20);3-4H,1-2H2,(H,5,6)/t;13-,15?;/m.1./s1. The number of carbonyl (C=O) groups is 3. The number of hydrogen-bond acceptors (Lipinski definition) is 8. The molecule has 3 aliphatic rings. The number of hydrogen-bond donors (Lipinski definition) is 3. The Morgan fingerprint density at radius 2 is 1.87 bits per heavy atom. The molecule has 288 valence electrons. The maximum Gasteiger partial charge on any atom is 0.252 e. The number of nitrogens with zero attached hydrogens (tertiary/aromatic N) is 2. The van der Waals surface area contributed by atoms with E-state index >= 15 is 0 Å². The fourth-order valence-electron chi connectivity index (χ4n) is 5.93. The molecule has 0 spiro atoms. The number of H-pyrrole nitrogens is 1. The molecule has 3 aromatic rings. The largest absolute Gasteiger partial charge is 0.496 e. The minimum Gasteiger partial charge on any atom is -0.496 e. The van der Waals surface area contributed by atoms with Crippen LogP contribution in [-0.2, 0) is 30.1 Å². The van der Waals surface area contributed by atoms with E-state index in [4.69, 9.17) is 9.47 Å². The van der Waals surface area contributed by atoms with Gasteiger partial charge in [-0.1, -0.05) is 26.0 Å². The fourth-order valence-corrected chi connectivity index (χ4v) is 6.78. The summed E-state index contributed by atoms with van der Waals surface area (Å²) in [6, 6.07) is 11.1. The van der Waals surface area contributed by atoms with Gasteiger partial charge in [-0.3, -0.25) is 28.9 Å². The Morgan fingerprint density at radius 1 is 1.11 bits per heavy atom. The quantitative estimate of drug-likeness (QED) is 0.103. The minimum absolute atomic E-state index is 0.00605. The van der Waals surface area contributed by atoms with Crippen LogP contribution >= 0.6 is 0 Å². The van der Waals surface area contributed by atoms with E-state index in [1.165, 1.54) is 0 Å². The number of benzene rings is 1. The molecular weight excluding hydrogens is 695 g/mol. The normalized spacial score (nSPS) is 17.5. The summed E-state index contributed by atoms with van der Waals surface area (Å²) < 4.78 is 23.8. The molecule has 0 bridgehead atoms. The Kier molecular flexibility index (Phi) is 15.8. The van der Waals surface area contributed by atoms with Crippen molar-refractivity contribution in [2.75, 3.05) is 20.3 Å². The van der Waals surface area contributed by atoms with Crippen LogP contribution in [0.15, 0.2) is 53.8 Å². The van der Waals surface area contributed by atoms with Crippen molar-refractivity contribution in [3.05, 3.63) is 70.5 Å². The number of pyridine rings is 2. The van der Waals surface area contributed by atoms with Crippen LogP contribution in [0, 0.1) is 6.92 Å². The lowest BCUT2D eigenvalue weighted by atomic mass is 10.1. The predicted octanol–water partition coefficient (Wildman–Crippen LogP) is 5.61. The number of likely N-dealkylation sites (tertiary alicyclic amines) is 1. The maximum atomic E-state index is 12.5. The molecule has 3 heterocycles. The van der Waals surface area contributed by atoms with Gasteiger partial charge in [0.15, 0.2) is 5.43 Å². The zero-order chi connectivity index (χ0) is 38.5. The molecule has 3 amide bonds. The van der Waals surface area contributed by atoms with Crippen molar-refractivity contribution in [2.45, 2.75) is 115 Å². The number of ether oxygens (including phenoxy) is 2. The molecule has 3 fully saturated rings. The monoisotopic (exact) mass is 749 g/mol. The molecule has 12 nitrogen and oxygen atoms in total. The minimum atomic E-state index is -1.08. The van der Waals surface area contributed by atoms with Crippen LogP contribution in [0.25, 0.3) is 22.3 Å². The van der Waals surface area contributed by atoms with E-state index in [0.717, 1.165) is 91.7 Å². The number of amides is 3. The number of fused-ring (bicyclic) bond motifs is 1. The highest BCUT2D eigenvalue weighted by Gasteiger charge is 2.38. The summed E-state index contributed by atoms with van der Waals surface area (Å²) in [6.45, 7) is 12.8. The van der Waals surface area contributed by atoms with Gasteiger partial charge >= 0.3 is 0 Å². The third-order valence-electron chi connectivity index (χ3n) is 9.35. The Bertz CT molecular complexity index is 1800. The van der Waals surface area contributed by atoms with Crippen LogP contribution in [0.2, 0.25) is 0 Å². The van der Waals surface area contributed by atoms with Gasteiger partial charge in [0.05, 0.1) is 29.3 Å². The Morgan fingerprint density at radius 3 is 2.51 bits per heavy atom. The average Bonchev–Trinajstić information content (AvgIpc) is 4.10. The number of nitrogens with one attached hydrogen (secondary N) is 3. The van der Waals surface area contributed by atoms with Gasteiger partial charge in [0.2, 0.25) is 12.3 Å². The first kappa shape index (κ1) is 41.4. The molecule has 3 N–H and O–H groups in total. The van der Waals surface area contributed by atoms with Crippen molar-refractivity contribution in [1.82, 2.24) is 24.9 Å². The zero-order valence-corrected chi connectivity index (χ0v) is 32.5. The number of allylic oxidation sites excluding steroid dienone is 1. The predicted molar refractivity (Wildman–Crippen MR) is 209 cm³/mol. The first-order valence-corrected chi connectivity index (χ1v) is 19.8. The molecule has 2 aromatic heterocycles. The average molecular weight is 750 g/mol. The van der Waals surface area contributed by atoms with Crippen LogP contribution in [0.3, 0.4) is 0 Å². The number of rotatable bonds is 15. The topological polar surface area (TPSA) is 160 Å². The first-order chi connectivity index (χ1) is 25.5. The highest BCUT2D eigenvalue weighted by atomic mass is 32.2. The number of carbonyl (C=O) groups excluding carboxylic acids is 3. The van der Waals surface area contributed by atoms with Crippen molar-refractivity contribution < 1.29 is 28.1 Å². The molecule has 2 unspecified atom stereocenters. The third-order valence-corrected chi connectivity index (χ3v) is 10.8. The van der Waals surface area contributed by atoms with E-state index in [9.17, 15) is 23.4 Å². The molecule has 1 aliphatic heterocycles. The summed E-state index contributed by atoms with van der Waals surface area (Å²) in [5.41, 5.74) is 4.20. The lowest BCUT2D eigenvalue weighted by Gasteiger charge is -2.26. The third kappa shape index (κ3) is 12.1. The van der Waals surface area contributed by atoms with Gasteiger partial charge in [-0.05, 0) is 102 Å². The molecule has 0 radical (unpaired) electrons. The summed E-state index contributed by atoms with van der Waals surface area (Å²) in [4.78, 5) is 56.5. The van der Waals surface area contributed by atoms with Gasteiger partial charge in [-0.15, -0.1) is 6.58 Å². The summed E-state index contributed by atoms with van der Waals surface area (Å²) in [5, 5.41) is 3.91. The molecule has 13 heteroatoms. The Hall–Kier alpha value is -4.36. The molecule has 2 aliphatic carbocycles. The van der Waals surface area contributed by atoms with E-state index in [0.29, 0.717) is 36.9 Å². The molecule has 3 atom stereocenters. The summed E-state index contributed by atoms with van der Waals surface area (Å²) >= 11 is 0. The summed E-state index contributed by atoms with van der Waals surface area (Å²) in [7, 11) is 0.550. The van der Waals surface area contributed by atoms with Gasteiger partial charge < -0.3 is 24.7 Å². The second-order valence-electron chi connectivity index (χ2n) is 14.0. The Balaban J connectivity index is 0.000000196. The van der Waals surface area contributed by atoms with Crippen molar-refractivity contribution in [1.29, 1.82) is 0 Å². The SMILES string of the molecule is C=CCCCCO[C@H](C)C(=O)N1CCCC1C(=O)NC1CC1.COc1ccc2c(=O)cc(-c3cccc(C(C)C)n3)[nH]c2c1C.O=CNS(=O)C1CC1. The zero-order valence-electron chi connectivity index (χ0n) is 31.7. The van der Waals surface area contributed by atoms with Crippen molar-refractivity contribution in [3.8, 4) is 17.1 Å². The van der Waals surface area contributed by atoms with Gasteiger partial charge in [0.1, 0.15) is 28.9 Å². The van der Waals surface area contributed by atoms with Crippen LogP contribution in [0.1, 0.15) is 95.7 Å². The number of aromatic nitrogens is 2. The second kappa shape index (κ2) is 20.2. The molecule has 6 rings (SSSR count). The first-order valence-electron chi connectivity index (χ1n) is 18.6. The maximum absolute atomic E-state index is 12.5. The van der Waals surface area contributed by atoms with E-state index in [1.54, 1.807) is 31.1 Å². The summed E-state index contributed by atoms with van der Waals surface area (Å²) in [5.74, 6) is 1.04.